The van der Waals surface area contributed by atoms with Gasteiger partial charge in [-0.3, -0.25) is 9.59 Å². The maximum Gasteiger partial charge on any atom is 0.256 e. The predicted molar refractivity (Wildman–Crippen MR) is 79.0 cm³/mol. The van der Waals surface area contributed by atoms with Crippen LogP contribution in [-0.2, 0) is 0 Å². The average molecular weight is 319 g/mol. The summed E-state index contributed by atoms with van der Waals surface area (Å²) in [6.07, 6.45) is 3.29. The quantitative estimate of drug-likeness (QED) is 0.919. The largest absolute Gasteiger partial charge is 0.367 e. The van der Waals surface area contributed by atoms with E-state index in [1.165, 1.54) is 4.90 Å². The highest BCUT2D eigenvalue weighted by molar-refractivity contribution is 5.96. The van der Waals surface area contributed by atoms with Crippen LogP contribution in [0.4, 0.5) is 8.78 Å². The smallest absolute Gasteiger partial charge is 0.256 e. The maximum atomic E-state index is 13.7. The van der Waals surface area contributed by atoms with Crippen LogP contribution >= 0.6 is 0 Å². The van der Waals surface area contributed by atoms with E-state index in [0.29, 0.717) is 37.8 Å². The van der Waals surface area contributed by atoms with Gasteiger partial charge in [0.25, 0.3) is 11.8 Å². The van der Waals surface area contributed by atoms with E-state index in [1.807, 2.05) is 0 Å². The molecule has 2 heterocycles. The standard InChI is InChI=1S/C16H15F2N3O2/c17-12-1-2-13(14(18)9-12)16(23)21-7-5-20(6-8-21)15(22)11-3-4-19-10-11/h1-4,9-10,19H,5-8H2. The monoisotopic (exact) mass is 319 g/mol. The molecule has 1 aliphatic rings. The predicted octanol–water partition coefficient (Wildman–Crippen LogP) is 1.89. The summed E-state index contributed by atoms with van der Waals surface area (Å²) in [5, 5.41) is 0. The fraction of sp³-hybridized carbons (Fsp3) is 0.250. The molecule has 0 aliphatic carbocycles. The van der Waals surface area contributed by atoms with Crippen LogP contribution < -0.4 is 0 Å². The summed E-state index contributed by atoms with van der Waals surface area (Å²) >= 11 is 0. The first-order valence-electron chi connectivity index (χ1n) is 7.22. The Morgan fingerprint density at radius 2 is 1.61 bits per heavy atom. The molecule has 7 heteroatoms. The van der Waals surface area contributed by atoms with Gasteiger partial charge in [-0.1, -0.05) is 0 Å². The lowest BCUT2D eigenvalue weighted by Crippen LogP contribution is -2.50. The molecule has 5 nitrogen and oxygen atoms in total. The van der Waals surface area contributed by atoms with Crippen molar-refractivity contribution in [1.82, 2.24) is 14.8 Å². The number of benzene rings is 1. The second kappa shape index (κ2) is 6.20. The fourth-order valence-electron chi connectivity index (χ4n) is 2.59. The zero-order chi connectivity index (χ0) is 16.4. The van der Waals surface area contributed by atoms with Gasteiger partial charge < -0.3 is 14.8 Å². The second-order valence-corrected chi connectivity index (χ2v) is 5.31. The highest BCUT2D eigenvalue weighted by Gasteiger charge is 2.27. The summed E-state index contributed by atoms with van der Waals surface area (Å²) in [5.74, 6) is -2.19. The first-order chi connectivity index (χ1) is 11.1. The lowest BCUT2D eigenvalue weighted by Gasteiger charge is -2.34. The SMILES string of the molecule is O=C(c1cc[nH]c1)N1CCN(C(=O)c2ccc(F)cc2F)CC1. The van der Waals surface area contributed by atoms with E-state index in [4.69, 9.17) is 0 Å². The number of hydrogen-bond acceptors (Lipinski definition) is 2. The van der Waals surface area contributed by atoms with Crippen molar-refractivity contribution in [2.45, 2.75) is 0 Å². The van der Waals surface area contributed by atoms with E-state index in [2.05, 4.69) is 4.98 Å². The van der Waals surface area contributed by atoms with Gasteiger partial charge in [-0.15, -0.1) is 0 Å². The van der Waals surface area contributed by atoms with E-state index in [9.17, 15) is 18.4 Å². The van der Waals surface area contributed by atoms with Crippen LogP contribution in [0.1, 0.15) is 20.7 Å². The molecule has 2 aromatic rings. The Morgan fingerprint density at radius 3 is 2.17 bits per heavy atom. The molecule has 0 atom stereocenters. The zero-order valence-corrected chi connectivity index (χ0v) is 12.3. The van der Waals surface area contributed by atoms with Gasteiger partial charge >= 0.3 is 0 Å². The number of amides is 2. The van der Waals surface area contributed by atoms with E-state index in [1.54, 1.807) is 23.4 Å². The van der Waals surface area contributed by atoms with Gasteiger partial charge in [-0.05, 0) is 18.2 Å². The van der Waals surface area contributed by atoms with Crippen molar-refractivity contribution in [3.63, 3.8) is 0 Å². The van der Waals surface area contributed by atoms with Crippen LogP contribution in [0.5, 0.6) is 0 Å². The highest BCUT2D eigenvalue weighted by atomic mass is 19.1. The molecule has 1 fully saturated rings. The molecule has 1 aromatic carbocycles. The topological polar surface area (TPSA) is 56.4 Å². The van der Waals surface area contributed by atoms with E-state index >= 15 is 0 Å². The number of piperazine rings is 1. The molecule has 0 radical (unpaired) electrons. The molecule has 2 amide bonds. The Morgan fingerprint density at radius 1 is 0.957 bits per heavy atom. The fourth-order valence-corrected chi connectivity index (χ4v) is 2.59. The first kappa shape index (κ1) is 15.2. The van der Waals surface area contributed by atoms with Crippen LogP contribution in [0.3, 0.4) is 0 Å². The Bertz CT molecular complexity index is 723. The molecular weight excluding hydrogens is 304 g/mol. The number of carbonyl (C=O) groups is 2. The molecule has 1 N–H and O–H groups in total. The molecule has 1 aromatic heterocycles. The molecule has 0 unspecified atom stereocenters. The summed E-state index contributed by atoms with van der Waals surface area (Å²) in [5.41, 5.74) is 0.408. The van der Waals surface area contributed by atoms with Gasteiger partial charge in [-0.2, -0.15) is 0 Å². The van der Waals surface area contributed by atoms with Crippen LogP contribution in [0, 0.1) is 11.6 Å². The third-order valence-electron chi connectivity index (χ3n) is 3.86. The van der Waals surface area contributed by atoms with Crippen molar-refractivity contribution >= 4 is 11.8 Å². The average Bonchev–Trinajstić information content (AvgIpc) is 3.08. The summed E-state index contributed by atoms with van der Waals surface area (Å²) < 4.78 is 26.6. The number of H-pyrrole nitrogens is 1. The minimum Gasteiger partial charge on any atom is -0.367 e. The zero-order valence-electron chi connectivity index (χ0n) is 12.3. The van der Waals surface area contributed by atoms with Crippen LogP contribution in [0.2, 0.25) is 0 Å². The third kappa shape index (κ3) is 3.08. The summed E-state index contributed by atoms with van der Waals surface area (Å²) in [7, 11) is 0. The van der Waals surface area contributed by atoms with Gasteiger partial charge in [0.2, 0.25) is 0 Å². The highest BCUT2D eigenvalue weighted by Crippen LogP contribution is 2.15. The van der Waals surface area contributed by atoms with Crippen molar-refractivity contribution in [2.75, 3.05) is 26.2 Å². The summed E-state index contributed by atoms with van der Waals surface area (Å²) in [4.78, 5) is 30.4. The van der Waals surface area contributed by atoms with Crippen molar-refractivity contribution in [3.05, 3.63) is 59.4 Å². The van der Waals surface area contributed by atoms with Gasteiger partial charge in [0.05, 0.1) is 11.1 Å². The van der Waals surface area contributed by atoms with Gasteiger partial charge in [-0.25, -0.2) is 8.78 Å². The number of aromatic nitrogens is 1. The number of hydrogen-bond donors (Lipinski definition) is 1. The number of halogens is 2. The van der Waals surface area contributed by atoms with Crippen LogP contribution in [-0.4, -0.2) is 52.8 Å². The van der Waals surface area contributed by atoms with Crippen molar-refractivity contribution < 1.29 is 18.4 Å². The molecule has 0 bridgehead atoms. The number of nitrogens with one attached hydrogen (secondary N) is 1. The number of rotatable bonds is 2. The molecule has 23 heavy (non-hydrogen) atoms. The second-order valence-electron chi connectivity index (χ2n) is 5.31. The molecule has 0 saturated carbocycles. The third-order valence-corrected chi connectivity index (χ3v) is 3.86. The van der Waals surface area contributed by atoms with E-state index in [-0.39, 0.29) is 11.5 Å². The maximum absolute atomic E-state index is 13.7. The van der Waals surface area contributed by atoms with Gasteiger partial charge in [0.15, 0.2) is 0 Å². The molecule has 0 spiro atoms. The Kier molecular flexibility index (Phi) is 4.10. The minimum absolute atomic E-state index is 0.105. The Labute approximate surface area is 131 Å². The van der Waals surface area contributed by atoms with E-state index < -0.39 is 17.5 Å². The van der Waals surface area contributed by atoms with Gasteiger partial charge in [0.1, 0.15) is 11.6 Å². The number of nitrogens with zero attached hydrogens (tertiary/aromatic N) is 2. The van der Waals surface area contributed by atoms with Crippen molar-refractivity contribution in [3.8, 4) is 0 Å². The lowest BCUT2D eigenvalue weighted by molar-refractivity contribution is 0.0533. The number of aromatic amines is 1. The summed E-state index contributed by atoms with van der Waals surface area (Å²) in [6.45, 7) is 1.37. The molecular formula is C16H15F2N3O2. The van der Waals surface area contributed by atoms with Crippen LogP contribution in [0.25, 0.3) is 0 Å². The Hall–Kier alpha value is -2.70. The first-order valence-corrected chi connectivity index (χ1v) is 7.22. The number of carbonyl (C=O) groups excluding carboxylic acids is 2. The molecule has 120 valence electrons. The van der Waals surface area contributed by atoms with E-state index in [0.717, 1.165) is 12.1 Å². The van der Waals surface area contributed by atoms with Gasteiger partial charge in [0, 0.05) is 44.6 Å². The van der Waals surface area contributed by atoms with Crippen molar-refractivity contribution in [2.24, 2.45) is 0 Å². The lowest BCUT2D eigenvalue weighted by atomic mass is 10.1. The molecule has 1 saturated heterocycles. The van der Waals surface area contributed by atoms with Crippen LogP contribution in [0.15, 0.2) is 36.7 Å². The Balaban J connectivity index is 1.64. The minimum atomic E-state index is -0.874. The van der Waals surface area contributed by atoms with Crippen molar-refractivity contribution in [1.29, 1.82) is 0 Å². The molecule has 1 aliphatic heterocycles. The normalized spacial score (nSPS) is 14.9. The summed E-state index contributed by atoms with van der Waals surface area (Å²) in [6, 6.07) is 4.58. The molecule has 3 rings (SSSR count).